The molecule has 0 spiro atoms. The summed E-state index contributed by atoms with van der Waals surface area (Å²) < 4.78 is 14.4. The molecule has 1 unspecified atom stereocenters. The van der Waals surface area contributed by atoms with Gasteiger partial charge in [-0.15, -0.1) is 0 Å². The van der Waals surface area contributed by atoms with Gasteiger partial charge in [0.25, 0.3) is 0 Å². The van der Waals surface area contributed by atoms with Gasteiger partial charge in [-0.1, -0.05) is 95.1 Å². The number of benzene rings is 2. The molecule has 0 bridgehead atoms. The van der Waals surface area contributed by atoms with E-state index in [0.717, 1.165) is 37.1 Å². The molecule has 1 aliphatic carbocycles. The molecule has 1 aliphatic heterocycles. The molecule has 2 aromatic rings. The molecule has 2 fully saturated rings. The maximum Gasteiger partial charge on any atom is 0.211 e. The van der Waals surface area contributed by atoms with Crippen LogP contribution < -0.4 is 16.0 Å². The fourth-order valence-electron chi connectivity index (χ4n) is 5.28. The number of hydrogen-bond donors (Lipinski definition) is 3. The van der Waals surface area contributed by atoms with Gasteiger partial charge in [-0.2, -0.15) is 0 Å². The van der Waals surface area contributed by atoms with Crippen LogP contribution >= 0.6 is 23.2 Å². The van der Waals surface area contributed by atoms with E-state index in [4.69, 9.17) is 23.2 Å². The summed E-state index contributed by atoms with van der Waals surface area (Å²) in [4.78, 5) is 20.6. The van der Waals surface area contributed by atoms with E-state index in [0.29, 0.717) is 23.5 Å². The van der Waals surface area contributed by atoms with Crippen molar-refractivity contribution in [3.8, 4) is 0 Å². The Morgan fingerprint density at radius 1 is 1.03 bits per heavy atom. The summed E-state index contributed by atoms with van der Waals surface area (Å²) in [6.45, 7) is 10.1. The second kappa shape index (κ2) is 16.8. The van der Waals surface area contributed by atoms with E-state index >= 15 is 0 Å². The van der Waals surface area contributed by atoms with Crippen molar-refractivity contribution in [3.05, 3.63) is 63.4 Å². The van der Waals surface area contributed by atoms with Gasteiger partial charge in [0.2, 0.25) is 12.8 Å². The highest BCUT2D eigenvalue weighted by Crippen LogP contribution is 2.46. The van der Waals surface area contributed by atoms with Crippen LogP contribution in [-0.2, 0) is 9.59 Å². The van der Waals surface area contributed by atoms with Crippen molar-refractivity contribution in [1.82, 2.24) is 10.6 Å². The Labute approximate surface area is 243 Å². The van der Waals surface area contributed by atoms with Crippen LogP contribution in [0.15, 0.2) is 36.4 Å². The highest BCUT2D eigenvalue weighted by molar-refractivity contribution is 6.31. The van der Waals surface area contributed by atoms with Crippen LogP contribution in [0.5, 0.6) is 0 Å². The smallest absolute Gasteiger partial charge is 0.211 e. The monoisotopic (exact) mass is 579 g/mol. The molecule has 0 radical (unpaired) electrons. The average Bonchev–Trinajstić information content (AvgIpc) is 3.59. The zero-order chi connectivity index (χ0) is 28.8. The second-order valence-corrected chi connectivity index (χ2v) is 12.3. The van der Waals surface area contributed by atoms with Gasteiger partial charge in [0.05, 0.1) is 5.02 Å². The fraction of sp³-hybridized carbons (Fsp3) is 0.548. The first-order valence-corrected chi connectivity index (χ1v) is 14.7. The van der Waals surface area contributed by atoms with Crippen LogP contribution in [-0.4, -0.2) is 32.0 Å². The third-order valence-corrected chi connectivity index (χ3v) is 7.49. The number of rotatable bonds is 8. The molecule has 4 rings (SSSR count). The second-order valence-electron chi connectivity index (χ2n) is 11.4. The van der Waals surface area contributed by atoms with Crippen LogP contribution in [0.2, 0.25) is 10.0 Å². The van der Waals surface area contributed by atoms with Crippen LogP contribution in [0.3, 0.4) is 0 Å². The molecule has 5 nitrogen and oxygen atoms in total. The maximum absolute atomic E-state index is 14.4. The number of anilines is 1. The van der Waals surface area contributed by atoms with Crippen molar-refractivity contribution in [2.45, 2.75) is 90.5 Å². The molecular formula is C31H44Cl2FN3O2. The summed E-state index contributed by atoms with van der Waals surface area (Å²) in [5.74, 6) is -0.426. The van der Waals surface area contributed by atoms with Gasteiger partial charge in [0.15, 0.2) is 0 Å². The van der Waals surface area contributed by atoms with E-state index in [-0.39, 0.29) is 28.3 Å². The summed E-state index contributed by atoms with van der Waals surface area (Å²) in [6.07, 6.45) is 10.7. The van der Waals surface area contributed by atoms with Gasteiger partial charge in [0.1, 0.15) is 5.82 Å². The molecule has 2 amide bonds. The predicted octanol–water partition coefficient (Wildman–Crippen LogP) is 8.07. The highest BCUT2D eigenvalue weighted by atomic mass is 35.5. The van der Waals surface area contributed by atoms with E-state index in [2.05, 4.69) is 36.7 Å². The van der Waals surface area contributed by atoms with Crippen LogP contribution in [0, 0.1) is 11.2 Å². The lowest BCUT2D eigenvalue weighted by Gasteiger charge is -2.31. The van der Waals surface area contributed by atoms with Gasteiger partial charge in [0, 0.05) is 41.7 Å². The van der Waals surface area contributed by atoms with E-state index in [1.807, 2.05) is 31.2 Å². The minimum Gasteiger partial charge on any atom is -0.359 e. The van der Waals surface area contributed by atoms with E-state index in [9.17, 15) is 14.0 Å². The Morgan fingerprint density at radius 2 is 1.69 bits per heavy atom. The number of hydrogen-bond acceptors (Lipinski definition) is 3. The summed E-state index contributed by atoms with van der Waals surface area (Å²) in [7, 11) is 0. The molecule has 39 heavy (non-hydrogen) atoms. The molecule has 8 heteroatoms. The molecular weight excluding hydrogens is 536 g/mol. The summed E-state index contributed by atoms with van der Waals surface area (Å²) in [5, 5.41) is 9.50. The van der Waals surface area contributed by atoms with E-state index in [1.165, 1.54) is 44.2 Å². The van der Waals surface area contributed by atoms with Crippen molar-refractivity contribution in [2.24, 2.45) is 5.41 Å². The third-order valence-electron chi connectivity index (χ3n) is 6.97. The van der Waals surface area contributed by atoms with Crippen molar-refractivity contribution in [3.63, 3.8) is 0 Å². The summed E-state index contributed by atoms with van der Waals surface area (Å²) >= 11 is 12.2. The van der Waals surface area contributed by atoms with Gasteiger partial charge in [-0.25, -0.2) is 4.39 Å². The number of halogens is 3. The molecule has 3 N–H and O–H groups in total. The first-order valence-electron chi connectivity index (χ1n) is 14.0. The lowest BCUT2D eigenvalue weighted by atomic mass is 9.75. The zero-order valence-electron chi connectivity index (χ0n) is 23.7. The number of amides is 2. The molecule has 2 aromatic carbocycles. The van der Waals surface area contributed by atoms with Crippen LogP contribution in [0.25, 0.3) is 0 Å². The minimum atomic E-state index is -0.487. The molecule has 216 valence electrons. The SMILES string of the molecule is C1CCCC1.CC(C)(C)C[C@H]1NCC(c2cccc(Cl)c2)[C@@H]1c1cc(F)c(Cl)cc1NC=O.CCCNC=O. The van der Waals surface area contributed by atoms with Gasteiger partial charge in [-0.3, -0.25) is 9.59 Å². The lowest BCUT2D eigenvalue weighted by Crippen LogP contribution is -2.31. The maximum atomic E-state index is 14.4. The standard InChI is InChI=1S/C22H25Cl2FN2O.C5H10.C4H9NO/c1-22(2,3)10-20-21(15-8-18(25)17(24)9-19(15)27-12-28)16(11-26-20)13-5-4-6-14(23)7-13;1-2-4-5-3-1;1-2-3-5-4-6/h4-9,12,16,20-21,26H,10-11H2,1-3H3,(H,27,28);1-5H2;4H,2-3H2,1H3,(H,5,6)/t16?,20-,21+;;/m1../s1. The van der Waals surface area contributed by atoms with Crippen molar-refractivity contribution < 1.29 is 14.0 Å². The Balaban J connectivity index is 0.000000403. The van der Waals surface area contributed by atoms with Gasteiger partial charge in [-0.05, 0) is 53.6 Å². The quantitative estimate of drug-likeness (QED) is 0.219. The molecule has 1 saturated heterocycles. The third kappa shape index (κ3) is 11.1. The normalized spacial score (nSPS) is 20.2. The van der Waals surface area contributed by atoms with Crippen LogP contribution in [0.4, 0.5) is 10.1 Å². The highest BCUT2D eigenvalue weighted by Gasteiger charge is 2.40. The average molecular weight is 581 g/mol. The van der Waals surface area contributed by atoms with Crippen molar-refractivity contribution in [2.75, 3.05) is 18.4 Å². The predicted molar refractivity (Wildman–Crippen MR) is 161 cm³/mol. The first-order chi connectivity index (χ1) is 18.6. The number of carbonyl (C=O) groups excluding carboxylic acids is 2. The molecule has 0 aromatic heterocycles. The fourth-order valence-corrected chi connectivity index (χ4v) is 5.64. The summed E-state index contributed by atoms with van der Waals surface area (Å²) in [5.41, 5.74) is 2.47. The molecule has 1 heterocycles. The van der Waals surface area contributed by atoms with Crippen molar-refractivity contribution >= 4 is 41.7 Å². The number of carbonyl (C=O) groups is 2. The largest absolute Gasteiger partial charge is 0.359 e. The Hall–Kier alpha value is -2.15. The van der Waals surface area contributed by atoms with Crippen LogP contribution in [0.1, 0.15) is 95.6 Å². The lowest BCUT2D eigenvalue weighted by molar-refractivity contribution is -0.109. The van der Waals surface area contributed by atoms with Crippen molar-refractivity contribution in [1.29, 1.82) is 0 Å². The number of nitrogens with one attached hydrogen (secondary N) is 3. The zero-order valence-corrected chi connectivity index (χ0v) is 25.2. The minimum absolute atomic E-state index is 0.00858. The van der Waals surface area contributed by atoms with E-state index in [1.54, 1.807) is 0 Å². The molecule has 1 saturated carbocycles. The summed E-state index contributed by atoms with van der Waals surface area (Å²) in [6, 6.07) is 10.8. The van der Waals surface area contributed by atoms with Gasteiger partial charge < -0.3 is 16.0 Å². The molecule has 2 aliphatic rings. The topological polar surface area (TPSA) is 70.2 Å². The van der Waals surface area contributed by atoms with E-state index < -0.39 is 5.82 Å². The Morgan fingerprint density at radius 3 is 2.21 bits per heavy atom. The Kier molecular flexibility index (Phi) is 14.3. The van der Waals surface area contributed by atoms with Gasteiger partial charge >= 0.3 is 0 Å². The Bertz CT molecular complexity index is 1030. The molecule has 3 atom stereocenters. The first kappa shape index (κ1) is 33.1.